The fourth-order valence-corrected chi connectivity index (χ4v) is 4.23. The van der Waals surface area contributed by atoms with E-state index in [1.165, 1.54) is 0 Å². The molecule has 4 nitrogen and oxygen atoms in total. The molecule has 0 radical (unpaired) electrons. The number of amides is 1. The maximum Gasteiger partial charge on any atom is 0.237 e. The van der Waals surface area contributed by atoms with E-state index in [2.05, 4.69) is 26.2 Å². The molecule has 1 amide bonds. The van der Waals surface area contributed by atoms with Gasteiger partial charge in [-0.3, -0.25) is 4.79 Å². The summed E-state index contributed by atoms with van der Waals surface area (Å²) in [7, 11) is 0. The van der Waals surface area contributed by atoms with Gasteiger partial charge < -0.3 is 11.1 Å². The van der Waals surface area contributed by atoms with Crippen molar-refractivity contribution in [3.05, 3.63) is 22.8 Å². The Kier molecular flexibility index (Phi) is 5.46. The first kappa shape index (κ1) is 15.8. The Morgan fingerprint density at radius 1 is 1.65 bits per heavy atom. The fraction of sp³-hybridized carbons (Fsp3) is 0.571. The van der Waals surface area contributed by atoms with Crippen LogP contribution in [0.15, 0.2) is 27.8 Å². The van der Waals surface area contributed by atoms with Crippen LogP contribution in [0, 0.1) is 0 Å². The molecule has 1 fully saturated rings. The van der Waals surface area contributed by atoms with E-state index in [0.29, 0.717) is 5.25 Å². The first-order chi connectivity index (χ1) is 9.55. The molecule has 0 bridgehead atoms. The van der Waals surface area contributed by atoms with Gasteiger partial charge in [-0.1, -0.05) is 6.92 Å². The average molecular weight is 358 g/mol. The molecule has 6 heteroatoms. The maximum atomic E-state index is 11.8. The molecule has 3 N–H and O–H groups in total. The number of thioether (sulfide) groups is 1. The monoisotopic (exact) mass is 357 g/mol. The van der Waals surface area contributed by atoms with Gasteiger partial charge in [0.1, 0.15) is 0 Å². The highest BCUT2D eigenvalue weighted by atomic mass is 79.9. The average Bonchev–Trinajstić information content (AvgIpc) is 2.42. The van der Waals surface area contributed by atoms with Gasteiger partial charge in [-0.05, 0) is 60.3 Å². The summed E-state index contributed by atoms with van der Waals surface area (Å²) in [6.45, 7) is 2.77. The standard InChI is InChI=1S/C14H20BrN3OS/c1-2-18-14(13(16)19)7-3-4-11(8-14)20-12-6-5-10(15)9-17-12/h5-6,9,11,18H,2-4,7-8H2,1H3,(H2,16,19). The number of carbonyl (C=O) groups is 1. The van der Waals surface area contributed by atoms with Gasteiger partial charge in [-0.2, -0.15) is 0 Å². The summed E-state index contributed by atoms with van der Waals surface area (Å²) in [4.78, 5) is 16.2. The molecule has 1 aromatic rings. The zero-order chi connectivity index (χ0) is 14.6. The van der Waals surface area contributed by atoms with Crippen LogP contribution in [0.2, 0.25) is 0 Å². The lowest BCUT2D eigenvalue weighted by atomic mass is 9.80. The van der Waals surface area contributed by atoms with Gasteiger partial charge in [-0.25, -0.2) is 4.98 Å². The molecule has 2 rings (SSSR count). The smallest absolute Gasteiger partial charge is 0.237 e. The number of nitrogens with one attached hydrogen (secondary N) is 1. The predicted molar refractivity (Wildman–Crippen MR) is 85.7 cm³/mol. The highest BCUT2D eigenvalue weighted by molar-refractivity contribution is 9.10. The zero-order valence-corrected chi connectivity index (χ0v) is 14.0. The molecular weight excluding hydrogens is 338 g/mol. The van der Waals surface area contributed by atoms with Gasteiger partial charge in [-0.15, -0.1) is 11.8 Å². The molecular formula is C14H20BrN3OS. The third kappa shape index (κ3) is 3.74. The molecule has 0 aliphatic heterocycles. The van der Waals surface area contributed by atoms with E-state index in [1.807, 2.05) is 19.1 Å². The van der Waals surface area contributed by atoms with Gasteiger partial charge in [0.05, 0.1) is 10.6 Å². The van der Waals surface area contributed by atoms with Crippen LogP contribution in [0.1, 0.15) is 32.6 Å². The Hall–Kier alpha value is -0.590. The number of primary amides is 1. The van der Waals surface area contributed by atoms with Crippen molar-refractivity contribution in [3.8, 4) is 0 Å². The number of nitrogens with two attached hydrogens (primary N) is 1. The molecule has 1 saturated carbocycles. The van der Waals surface area contributed by atoms with E-state index in [9.17, 15) is 4.79 Å². The van der Waals surface area contributed by atoms with E-state index in [-0.39, 0.29) is 5.91 Å². The molecule has 0 aromatic carbocycles. The van der Waals surface area contributed by atoms with Crippen LogP contribution in [-0.2, 0) is 4.79 Å². The Morgan fingerprint density at radius 3 is 3.05 bits per heavy atom. The molecule has 1 aliphatic rings. The number of nitrogens with zero attached hydrogens (tertiary/aromatic N) is 1. The second kappa shape index (κ2) is 6.91. The van der Waals surface area contributed by atoms with Crippen LogP contribution in [-0.4, -0.2) is 28.2 Å². The SMILES string of the molecule is CCNC1(C(N)=O)CCCC(Sc2ccc(Br)cn2)C1. The number of hydrogen-bond donors (Lipinski definition) is 2. The lowest BCUT2D eigenvalue weighted by Gasteiger charge is -2.38. The normalized spacial score (nSPS) is 26.4. The number of halogens is 1. The van der Waals surface area contributed by atoms with Crippen LogP contribution in [0.3, 0.4) is 0 Å². The van der Waals surface area contributed by atoms with Crippen molar-refractivity contribution in [2.75, 3.05) is 6.54 Å². The van der Waals surface area contributed by atoms with Crippen molar-refractivity contribution in [1.29, 1.82) is 0 Å². The first-order valence-corrected chi connectivity index (χ1v) is 8.56. The van der Waals surface area contributed by atoms with Gasteiger partial charge in [0, 0.05) is 15.9 Å². The van der Waals surface area contributed by atoms with Crippen molar-refractivity contribution >= 4 is 33.6 Å². The Labute approximate surface area is 132 Å². The minimum atomic E-state index is -0.542. The number of likely N-dealkylation sites (N-methyl/N-ethyl adjacent to an activating group) is 1. The number of hydrogen-bond acceptors (Lipinski definition) is 4. The molecule has 2 unspecified atom stereocenters. The highest BCUT2D eigenvalue weighted by Gasteiger charge is 2.40. The maximum absolute atomic E-state index is 11.8. The summed E-state index contributed by atoms with van der Waals surface area (Å²) in [5.41, 5.74) is 5.09. The van der Waals surface area contributed by atoms with Gasteiger partial charge in [0.25, 0.3) is 0 Å². The molecule has 2 atom stereocenters. The van der Waals surface area contributed by atoms with Crippen LogP contribution in [0.25, 0.3) is 0 Å². The summed E-state index contributed by atoms with van der Waals surface area (Å²) < 4.78 is 0.977. The Bertz CT molecular complexity index is 464. The van der Waals surface area contributed by atoms with Crippen LogP contribution in [0.4, 0.5) is 0 Å². The van der Waals surface area contributed by atoms with Crippen molar-refractivity contribution in [3.63, 3.8) is 0 Å². The molecule has 0 saturated heterocycles. The lowest BCUT2D eigenvalue weighted by molar-refractivity contribution is -0.125. The van der Waals surface area contributed by atoms with E-state index >= 15 is 0 Å². The van der Waals surface area contributed by atoms with E-state index in [1.54, 1.807) is 18.0 Å². The zero-order valence-electron chi connectivity index (χ0n) is 11.6. The summed E-state index contributed by atoms with van der Waals surface area (Å²) in [6, 6.07) is 3.99. The van der Waals surface area contributed by atoms with E-state index in [0.717, 1.165) is 41.7 Å². The molecule has 110 valence electrons. The second-order valence-electron chi connectivity index (χ2n) is 5.13. The lowest BCUT2D eigenvalue weighted by Crippen LogP contribution is -2.58. The summed E-state index contributed by atoms with van der Waals surface area (Å²) in [6.07, 6.45) is 5.53. The fourth-order valence-electron chi connectivity index (χ4n) is 2.74. The number of aromatic nitrogens is 1. The molecule has 20 heavy (non-hydrogen) atoms. The van der Waals surface area contributed by atoms with Crippen molar-refractivity contribution in [2.24, 2.45) is 5.73 Å². The van der Waals surface area contributed by atoms with Gasteiger partial charge in [0.2, 0.25) is 5.91 Å². The van der Waals surface area contributed by atoms with Crippen LogP contribution < -0.4 is 11.1 Å². The molecule has 0 spiro atoms. The van der Waals surface area contributed by atoms with Crippen LogP contribution >= 0.6 is 27.7 Å². The quantitative estimate of drug-likeness (QED) is 0.849. The molecule has 1 aliphatic carbocycles. The summed E-state index contributed by atoms with van der Waals surface area (Å²) in [5, 5.41) is 4.68. The third-order valence-corrected chi connectivity index (χ3v) is 5.37. The molecule has 1 heterocycles. The predicted octanol–water partition coefficient (Wildman–Crippen LogP) is 2.71. The van der Waals surface area contributed by atoms with Crippen molar-refractivity contribution in [2.45, 2.75) is 48.4 Å². The van der Waals surface area contributed by atoms with Gasteiger partial charge >= 0.3 is 0 Å². The van der Waals surface area contributed by atoms with Crippen molar-refractivity contribution in [1.82, 2.24) is 10.3 Å². The first-order valence-electron chi connectivity index (χ1n) is 6.89. The van der Waals surface area contributed by atoms with Crippen LogP contribution in [0.5, 0.6) is 0 Å². The Balaban J connectivity index is 2.05. The topological polar surface area (TPSA) is 68.0 Å². The number of rotatable bonds is 5. The van der Waals surface area contributed by atoms with E-state index in [4.69, 9.17) is 5.73 Å². The summed E-state index contributed by atoms with van der Waals surface area (Å²) >= 11 is 5.12. The minimum Gasteiger partial charge on any atom is -0.368 e. The molecule has 1 aromatic heterocycles. The summed E-state index contributed by atoms with van der Waals surface area (Å²) in [5.74, 6) is -0.228. The second-order valence-corrected chi connectivity index (χ2v) is 7.36. The highest BCUT2D eigenvalue weighted by Crippen LogP contribution is 2.37. The van der Waals surface area contributed by atoms with Gasteiger partial charge in [0.15, 0.2) is 0 Å². The Morgan fingerprint density at radius 2 is 2.45 bits per heavy atom. The number of carbonyl (C=O) groups excluding carboxylic acids is 1. The largest absolute Gasteiger partial charge is 0.368 e. The third-order valence-electron chi connectivity index (χ3n) is 3.68. The van der Waals surface area contributed by atoms with E-state index < -0.39 is 5.54 Å². The minimum absolute atomic E-state index is 0.228. The number of pyridine rings is 1. The van der Waals surface area contributed by atoms with Crippen molar-refractivity contribution < 1.29 is 4.79 Å².